The maximum absolute atomic E-state index is 2.49. The van der Waals surface area contributed by atoms with Crippen molar-refractivity contribution in [1.29, 1.82) is 0 Å². The molecule has 0 saturated carbocycles. The van der Waals surface area contributed by atoms with Crippen LogP contribution in [0.4, 0.5) is 0 Å². The fourth-order valence-corrected chi connectivity index (χ4v) is 1.24. The third-order valence-corrected chi connectivity index (χ3v) is 2.45. The molecule has 0 N–H and O–H groups in total. The van der Waals surface area contributed by atoms with Gasteiger partial charge in [0.05, 0.1) is 0 Å². The largest absolute Gasteiger partial charge is 0.305 e. The molecule has 0 aromatic heterocycles. The Morgan fingerprint density at radius 1 is 0.929 bits per heavy atom. The summed E-state index contributed by atoms with van der Waals surface area (Å²) in [5.74, 6) is 0. The maximum atomic E-state index is 2.49. The van der Waals surface area contributed by atoms with Crippen molar-refractivity contribution < 1.29 is 0 Å². The van der Waals surface area contributed by atoms with Crippen LogP contribution in [0.5, 0.6) is 0 Å². The van der Waals surface area contributed by atoms with Gasteiger partial charge in [-0.25, -0.2) is 0 Å². The Labute approximate surface area is 91.3 Å². The lowest BCUT2D eigenvalue weighted by molar-refractivity contribution is 0.200. The molecule has 0 aliphatic heterocycles. The van der Waals surface area contributed by atoms with E-state index in [1.165, 1.54) is 13.1 Å². The van der Waals surface area contributed by atoms with Gasteiger partial charge in [0, 0.05) is 19.1 Å². The van der Waals surface area contributed by atoms with Gasteiger partial charge in [-0.2, -0.15) is 0 Å². The van der Waals surface area contributed by atoms with E-state index in [2.05, 4.69) is 44.5 Å². The zero-order valence-corrected chi connectivity index (χ0v) is 11.3. The average Bonchev–Trinajstić information content (AvgIpc) is 2.21. The Balaban J connectivity index is 0. The monoisotopic (exact) mass is 202 g/mol. The molecule has 0 atom stereocenters. The Hall–Kier alpha value is -0.0800. The van der Waals surface area contributed by atoms with Crippen LogP contribution >= 0.6 is 0 Å². The minimum atomic E-state index is 0.681. The van der Waals surface area contributed by atoms with Crippen LogP contribution in [0.2, 0.25) is 0 Å². The summed E-state index contributed by atoms with van der Waals surface area (Å²) in [4.78, 5) is 4.84. The van der Waals surface area contributed by atoms with E-state index >= 15 is 0 Å². The second kappa shape index (κ2) is 11.0. The van der Waals surface area contributed by atoms with Gasteiger partial charge in [-0.15, -0.1) is 0 Å². The fourth-order valence-electron chi connectivity index (χ4n) is 1.24. The number of rotatable bonds is 6. The summed E-state index contributed by atoms with van der Waals surface area (Å²) >= 11 is 0. The summed E-state index contributed by atoms with van der Waals surface area (Å²) in [5.41, 5.74) is 0. The first kappa shape index (κ1) is 16.4. The lowest BCUT2D eigenvalue weighted by Crippen LogP contribution is -2.37. The van der Waals surface area contributed by atoms with Gasteiger partial charge >= 0.3 is 0 Å². The van der Waals surface area contributed by atoms with E-state index in [4.69, 9.17) is 0 Å². The number of nitrogens with zero attached hydrogens (tertiary/aromatic N) is 2. The van der Waals surface area contributed by atoms with Crippen LogP contribution < -0.4 is 0 Å². The molecule has 0 aliphatic rings. The topological polar surface area (TPSA) is 6.48 Å². The first-order valence-electron chi connectivity index (χ1n) is 6.04. The number of hydrogen-bond acceptors (Lipinski definition) is 2. The van der Waals surface area contributed by atoms with E-state index in [0.29, 0.717) is 6.04 Å². The van der Waals surface area contributed by atoms with Gasteiger partial charge in [0.15, 0.2) is 0 Å². The van der Waals surface area contributed by atoms with Gasteiger partial charge in [0.25, 0.3) is 0 Å². The lowest BCUT2D eigenvalue weighted by Gasteiger charge is -2.26. The van der Waals surface area contributed by atoms with Crippen LogP contribution in [0.15, 0.2) is 0 Å². The molecule has 0 unspecified atom stereocenters. The highest BCUT2D eigenvalue weighted by Gasteiger charge is 2.06. The molecule has 0 heterocycles. The summed E-state index contributed by atoms with van der Waals surface area (Å²) in [5, 5.41) is 0. The zero-order chi connectivity index (χ0) is 11.6. The van der Waals surface area contributed by atoms with Crippen LogP contribution in [0.1, 0.15) is 41.5 Å². The Morgan fingerprint density at radius 3 is 1.71 bits per heavy atom. The summed E-state index contributed by atoms with van der Waals surface area (Å²) in [6.07, 6.45) is 0. The predicted molar refractivity (Wildman–Crippen MR) is 66.9 cm³/mol. The van der Waals surface area contributed by atoms with Gasteiger partial charge in [0.1, 0.15) is 0 Å². The van der Waals surface area contributed by atoms with Crippen molar-refractivity contribution in [1.82, 2.24) is 9.80 Å². The van der Waals surface area contributed by atoms with Crippen molar-refractivity contribution >= 4 is 0 Å². The van der Waals surface area contributed by atoms with Crippen LogP contribution in [-0.2, 0) is 0 Å². The van der Waals surface area contributed by atoms with Gasteiger partial charge < -0.3 is 4.90 Å². The van der Waals surface area contributed by atoms with Gasteiger partial charge in [0.2, 0.25) is 0 Å². The van der Waals surface area contributed by atoms with Crippen molar-refractivity contribution in [3.05, 3.63) is 0 Å². The summed E-state index contributed by atoms with van der Waals surface area (Å²) < 4.78 is 0. The summed E-state index contributed by atoms with van der Waals surface area (Å²) in [7, 11) is 2.17. The third kappa shape index (κ3) is 8.52. The molecule has 2 heteroatoms. The molecule has 2 nitrogen and oxygen atoms in total. The molecule has 0 aliphatic carbocycles. The average molecular weight is 202 g/mol. The van der Waals surface area contributed by atoms with E-state index in [1.54, 1.807) is 0 Å². The minimum absolute atomic E-state index is 0.681. The van der Waals surface area contributed by atoms with Crippen molar-refractivity contribution in [2.45, 2.75) is 47.6 Å². The Bertz CT molecular complexity index is 102. The van der Waals surface area contributed by atoms with Gasteiger partial charge in [-0.1, -0.05) is 27.7 Å². The number of hydrogen-bond donors (Lipinski definition) is 0. The first-order valence-corrected chi connectivity index (χ1v) is 6.04. The van der Waals surface area contributed by atoms with Crippen molar-refractivity contribution in [2.75, 3.05) is 33.2 Å². The fraction of sp³-hybridized carbons (Fsp3) is 1.00. The van der Waals surface area contributed by atoms with E-state index in [0.717, 1.165) is 13.1 Å². The smallest absolute Gasteiger partial charge is 0.0112 e. The van der Waals surface area contributed by atoms with E-state index < -0.39 is 0 Å². The molecule has 0 fully saturated rings. The molecule has 0 bridgehead atoms. The lowest BCUT2D eigenvalue weighted by atomic mass is 10.3. The quantitative estimate of drug-likeness (QED) is 0.653. The molecule has 0 rings (SSSR count). The molecule has 14 heavy (non-hydrogen) atoms. The molecule has 88 valence electrons. The van der Waals surface area contributed by atoms with Crippen molar-refractivity contribution in [3.63, 3.8) is 0 Å². The molecule has 0 aromatic carbocycles. The molecule has 0 spiro atoms. The van der Waals surface area contributed by atoms with E-state index in [9.17, 15) is 0 Å². The maximum Gasteiger partial charge on any atom is 0.0112 e. The molecule has 0 saturated heterocycles. The van der Waals surface area contributed by atoms with Gasteiger partial charge in [-0.3, -0.25) is 4.90 Å². The Kier molecular flexibility index (Phi) is 12.8. The highest BCUT2D eigenvalue weighted by Crippen LogP contribution is 1.96. The van der Waals surface area contributed by atoms with Crippen molar-refractivity contribution in [2.24, 2.45) is 0 Å². The highest BCUT2D eigenvalue weighted by atomic mass is 15.2. The van der Waals surface area contributed by atoms with E-state index in [-0.39, 0.29) is 0 Å². The third-order valence-electron chi connectivity index (χ3n) is 2.45. The molecular formula is C12H30N2. The normalized spacial score (nSPS) is 10.7. The highest BCUT2D eigenvalue weighted by molar-refractivity contribution is 4.62. The van der Waals surface area contributed by atoms with Crippen molar-refractivity contribution in [3.8, 4) is 0 Å². The molecular weight excluding hydrogens is 172 g/mol. The van der Waals surface area contributed by atoms with Crippen LogP contribution in [0, 0.1) is 0 Å². The SMILES string of the molecule is CC.CCN(C)CCN(CC)C(C)C. The molecule has 0 amide bonds. The second-order valence-electron chi connectivity index (χ2n) is 3.62. The van der Waals surface area contributed by atoms with Crippen LogP contribution in [0.25, 0.3) is 0 Å². The first-order chi connectivity index (χ1) is 6.61. The van der Waals surface area contributed by atoms with Crippen LogP contribution in [0.3, 0.4) is 0 Å². The predicted octanol–water partition coefficient (Wildman–Crippen LogP) is 2.69. The summed E-state index contributed by atoms with van der Waals surface area (Å²) in [6.45, 7) is 17.6. The Morgan fingerprint density at radius 2 is 1.43 bits per heavy atom. The van der Waals surface area contributed by atoms with Crippen LogP contribution in [-0.4, -0.2) is 49.1 Å². The van der Waals surface area contributed by atoms with E-state index in [1.807, 2.05) is 13.8 Å². The zero-order valence-electron chi connectivity index (χ0n) is 11.3. The minimum Gasteiger partial charge on any atom is -0.305 e. The molecule has 0 aromatic rings. The standard InChI is InChI=1S/C10H24N2.C2H6/c1-6-11(5)8-9-12(7-2)10(3)4;1-2/h10H,6-9H2,1-5H3;1-2H3. The summed E-state index contributed by atoms with van der Waals surface area (Å²) in [6, 6.07) is 0.681. The number of likely N-dealkylation sites (N-methyl/N-ethyl adjacent to an activating group) is 2. The van der Waals surface area contributed by atoms with Gasteiger partial charge in [-0.05, 0) is 34.0 Å². The second-order valence-corrected chi connectivity index (χ2v) is 3.62. The molecule has 0 radical (unpaired) electrons.